The summed E-state index contributed by atoms with van der Waals surface area (Å²) in [4.78, 5) is 11.9. The van der Waals surface area contributed by atoms with Crippen LogP contribution in [0, 0.1) is 5.92 Å². The molecule has 5 heteroatoms. The van der Waals surface area contributed by atoms with Gasteiger partial charge in [-0.15, -0.1) is 12.4 Å². The Morgan fingerprint density at radius 3 is 2.50 bits per heavy atom. The molecule has 2 rings (SSSR count). The van der Waals surface area contributed by atoms with Gasteiger partial charge in [-0.25, -0.2) is 0 Å². The molecule has 1 heterocycles. The van der Waals surface area contributed by atoms with Crippen molar-refractivity contribution in [1.29, 1.82) is 0 Å². The van der Waals surface area contributed by atoms with E-state index in [4.69, 9.17) is 11.6 Å². The highest BCUT2D eigenvalue weighted by molar-refractivity contribution is 6.30. The summed E-state index contributed by atoms with van der Waals surface area (Å²) >= 11 is 5.85. The maximum absolute atomic E-state index is 11.9. The van der Waals surface area contributed by atoms with Crippen LogP contribution in [0.2, 0.25) is 5.02 Å². The van der Waals surface area contributed by atoms with Gasteiger partial charge < -0.3 is 10.6 Å². The first-order chi connectivity index (χ1) is 8.20. The van der Waals surface area contributed by atoms with E-state index in [2.05, 4.69) is 17.6 Å². The Kier molecular flexibility index (Phi) is 5.93. The topological polar surface area (TPSA) is 41.1 Å². The number of hydrogen-bond acceptors (Lipinski definition) is 2. The molecular formula is C13H18Cl2N2O. The van der Waals surface area contributed by atoms with Crippen molar-refractivity contribution in [2.45, 2.75) is 19.4 Å². The van der Waals surface area contributed by atoms with E-state index in [-0.39, 0.29) is 30.3 Å². The average Bonchev–Trinajstić information content (AvgIpc) is 2.25. The highest BCUT2D eigenvalue weighted by atomic mass is 35.5. The molecule has 0 saturated carbocycles. The monoisotopic (exact) mass is 288 g/mol. The molecule has 1 aromatic rings. The minimum atomic E-state index is 0. The summed E-state index contributed by atoms with van der Waals surface area (Å²) in [6.07, 6.45) is 0.882. The van der Waals surface area contributed by atoms with Gasteiger partial charge in [-0.3, -0.25) is 4.79 Å². The molecule has 0 radical (unpaired) electrons. The van der Waals surface area contributed by atoms with Crippen LogP contribution in [-0.2, 0) is 4.79 Å². The number of hydrogen-bond donors (Lipinski definition) is 2. The second kappa shape index (κ2) is 6.98. The number of halogens is 2. The van der Waals surface area contributed by atoms with E-state index < -0.39 is 0 Å². The van der Waals surface area contributed by atoms with E-state index >= 15 is 0 Å². The van der Waals surface area contributed by atoms with E-state index in [1.165, 1.54) is 0 Å². The number of nitrogens with one attached hydrogen (secondary N) is 2. The molecule has 2 N–H and O–H groups in total. The Morgan fingerprint density at radius 1 is 1.44 bits per heavy atom. The quantitative estimate of drug-likeness (QED) is 0.894. The molecule has 0 aliphatic carbocycles. The Hall–Kier alpha value is -0.770. The maximum atomic E-state index is 11.9. The van der Waals surface area contributed by atoms with Gasteiger partial charge in [0, 0.05) is 18.1 Å². The first-order valence-electron chi connectivity index (χ1n) is 5.97. The zero-order chi connectivity index (χ0) is 12.3. The minimum Gasteiger partial charge on any atom is -0.349 e. The van der Waals surface area contributed by atoms with Crippen LogP contribution in [-0.4, -0.2) is 19.0 Å². The Balaban J connectivity index is 0.00000162. The zero-order valence-electron chi connectivity index (χ0n) is 10.3. The van der Waals surface area contributed by atoms with Crippen LogP contribution in [0.1, 0.15) is 24.9 Å². The summed E-state index contributed by atoms with van der Waals surface area (Å²) in [6.45, 7) is 3.66. The van der Waals surface area contributed by atoms with E-state index in [1.807, 2.05) is 24.3 Å². The molecule has 1 saturated heterocycles. The lowest BCUT2D eigenvalue weighted by molar-refractivity contribution is -0.127. The summed E-state index contributed by atoms with van der Waals surface area (Å²) in [5, 5.41) is 6.91. The van der Waals surface area contributed by atoms with Gasteiger partial charge in [-0.2, -0.15) is 0 Å². The lowest BCUT2D eigenvalue weighted by Crippen LogP contribution is -2.51. The molecule has 0 bridgehead atoms. The SMILES string of the molecule is CCC(NC(=O)C1CNC1)c1ccc(Cl)cc1.Cl. The van der Waals surface area contributed by atoms with Crippen LogP contribution in [0.4, 0.5) is 0 Å². The molecular weight excluding hydrogens is 271 g/mol. The fourth-order valence-electron chi connectivity index (χ4n) is 1.88. The van der Waals surface area contributed by atoms with Crippen LogP contribution < -0.4 is 10.6 Å². The predicted molar refractivity (Wildman–Crippen MR) is 76.2 cm³/mol. The van der Waals surface area contributed by atoms with Crippen LogP contribution in [0.3, 0.4) is 0 Å². The first-order valence-corrected chi connectivity index (χ1v) is 6.35. The van der Waals surface area contributed by atoms with Crippen LogP contribution in [0.25, 0.3) is 0 Å². The number of rotatable bonds is 4. The van der Waals surface area contributed by atoms with Crippen molar-refractivity contribution in [3.8, 4) is 0 Å². The Bertz CT molecular complexity index is 390. The molecule has 1 aromatic carbocycles. The fourth-order valence-corrected chi connectivity index (χ4v) is 2.01. The Morgan fingerprint density at radius 2 is 2.06 bits per heavy atom. The lowest BCUT2D eigenvalue weighted by Gasteiger charge is -2.28. The summed E-state index contributed by atoms with van der Waals surface area (Å²) < 4.78 is 0. The minimum absolute atomic E-state index is 0. The summed E-state index contributed by atoms with van der Waals surface area (Å²) in [7, 11) is 0. The molecule has 0 spiro atoms. The van der Waals surface area contributed by atoms with E-state index in [1.54, 1.807) is 0 Å². The molecule has 18 heavy (non-hydrogen) atoms. The van der Waals surface area contributed by atoms with Crippen molar-refractivity contribution in [3.05, 3.63) is 34.9 Å². The molecule has 1 unspecified atom stereocenters. The van der Waals surface area contributed by atoms with Gasteiger partial charge in [-0.05, 0) is 24.1 Å². The van der Waals surface area contributed by atoms with Gasteiger partial charge in [-0.1, -0.05) is 30.7 Å². The normalized spacial score (nSPS) is 16.3. The zero-order valence-corrected chi connectivity index (χ0v) is 11.9. The van der Waals surface area contributed by atoms with E-state index in [0.717, 1.165) is 30.1 Å². The van der Waals surface area contributed by atoms with Crippen molar-refractivity contribution >= 4 is 29.9 Å². The molecule has 3 nitrogen and oxygen atoms in total. The molecule has 1 atom stereocenters. The predicted octanol–water partition coefficient (Wildman–Crippen LogP) is 2.55. The van der Waals surface area contributed by atoms with Crippen molar-refractivity contribution in [2.24, 2.45) is 5.92 Å². The second-order valence-electron chi connectivity index (χ2n) is 4.38. The van der Waals surface area contributed by atoms with Gasteiger partial charge in [0.1, 0.15) is 0 Å². The van der Waals surface area contributed by atoms with Crippen molar-refractivity contribution < 1.29 is 4.79 Å². The van der Waals surface area contributed by atoms with Crippen LogP contribution >= 0.6 is 24.0 Å². The standard InChI is InChI=1S/C13H17ClN2O.ClH/c1-2-12(9-3-5-11(14)6-4-9)16-13(17)10-7-15-8-10;/h3-6,10,12,15H,2,7-8H2,1H3,(H,16,17);1H. The Labute approximate surface area is 119 Å². The van der Waals surface area contributed by atoms with Gasteiger partial charge in [0.05, 0.1) is 12.0 Å². The van der Waals surface area contributed by atoms with Crippen molar-refractivity contribution in [2.75, 3.05) is 13.1 Å². The van der Waals surface area contributed by atoms with Crippen LogP contribution in [0.5, 0.6) is 0 Å². The second-order valence-corrected chi connectivity index (χ2v) is 4.81. The van der Waals surface area contributed by atoms with Crippen molar-refractivity contribution in [1.82, 2.24) is 10.6 Å². The van der Waals surface area contributed by atoms with Gasteiger partial charge in [0.25, 0.3) is 0 Å². The number of carbonyl (C=O) groups is 1. The third-order valence-electron chi connectivity index (χ3n) is 3.15. The van der Waals surface area contributed by atoms with Gasteiger partial charge >= 0.3 is 0 Å². The highest BCUT2D eigenvalue weighted by Crippen LogP contribution is 2.20. The van der Waals surface area contributed by atoms with Crippen LogP contribution in [0.15, 0.2) is 24.3 Å². The van der Waals surface area contributed by atoms with Gasteiger partial charge in [0.2, 0.25) is 5.91 Å². The third-order valence-corrected chi connectivity index (χ3v) is 3.40. The lowest BCUT2D eigenvalue weighted by atomic mass is 9.99. The van der Waals surface area contributed by atoms with E-state index in [0.29, 0.717) is 0 Å². The largest absolute Gasteiger partial charge is 0.349 e. The molecule has 0 aromatic heterocycles. The maximum Gasteiger partial charge on any atom is 0.226 e. The summed E-state index contributed by atoms with van der Waals surface area (Å²) in [5.41, 5.74) is 1.11. The average molecular weight is 289 g/mol. The molecule has 100 valence electrons. The fraction of sp³-hybridized carbons (Fsp3) is 0.462. The summed E-state index contributed by atoms with van der Waals surface area (Å²) in [6, 6.07) is 7.74. The summed E-state index contributed by atoms with van der Waals surface area (Å²) in [5.74, 6) is 0.280. The molecule has 1 aliphatic heterocycles. The van der Waals surface area contributed by atoms with E-state index in [9.17, 15) is 4.79 Å². The van der Waals surface area contributed by atoms with Crippen molar-refractivity contribution in [3.63, 3.8) is 0 Å². The van der Waals surface area contributed by atoms with Gasteiger partial charge in [0.15, 0.2) is 0 Å². The third kappa shape index (κ3) is 3.61. The smallest absolute Gasteiger partial charge is 0.226 e. The molecule has 1 amide bonds. The number of benzene rings is 1. The number of amides is 1. The highest BCUT2D eigenvalue weighted by Gasteiger charge is 2.26. The molecule has 1 fully saturated rings. The first kappa shape index (κ1) is 15.3. The number of carbonyl (C=O) groups excluding carboxylic acids is 1. The molecule has 1 aliphatic rings.